The van der Waals surface area contributed by atoms with E-state index in [9.17, 15) is 14.0 Å². The van der Waals surface area contributed by atoms with E-state index in [-0.39, 0.29) is 28.4 Å². The summed E-state index contributed by atoms with van der Waals surface area (Å²) in [6.07, 6.45) is 1.69. The summed E-state index contributed by atoms with van der Waals surface area (Å²) >= 11 is 4.41. The number of carbonyl (C=O) groups is 2. The summed E-state index contributed by atoms with van der Waals surface area (Å²) < 4.78 is 18.9. The third kappa shape index (κ3) is 4.54. The maximum Gasteiger partial charge on any atom is 0.289 e. The number of amides is 2. The minimum atomic E-state index is -0.399. The van der Waals surface area contributed by atoms with E-state index in [0.29, 0.717) is 28.5 Å². The van der Waals surface area contributed by atoms with Crippen LogP contribution < -0.4 is 5.32 Å². The van der Waals surface area contributed by atoms with Crippen LogP contribution in [0.4, 0.5) is 10.1 Å². The van der Waals surface area contributed by atoms with Gasteiger partial charge in [0.1, 0.15) is 10.8 Å². The highest BCUT2D eigenvalue weighted by Crippen LogP contribution is 2.30. The third-order valence-corrected chi connectivity index (χ3v) is 6.09. The SMILES string of the molecule is O=C(Nc1ccc(F)cc1)c1nnc([C@H]2CCCN(C(=O)c3ccc(Br)o3)C2)s1. The maximum absolute atomic E-state index is 13.0. The van der Waals surface area contributed by atoms with Crippen molar-refractivity contribution in [3.05, 3.63) is 62.7 Å². The lowest BCUT2D eigenvalue weighted by Crippen LogP contribution is -2.38. The lowest BCUT2D eigenvalue weighted by atomic mass is 9.98. The fourth-order valence-corrected chi connectivity index (χ4v) is 4.33. The molecule has 1 N–H and O–H groups in total. The van der Waals surface area contributed by atoms with Crippen molar-refractivity contribution in [1.29, 1.82) is 0 Å². The fourth-order valence-electron chi connectivity index (χ4n) is 3.16. The van der Waals surface area contributed by atoms with Crippen LogP contribution in [-0.4, -0.2) is 40.0 Å². The fraction of sp³-hybridized carbons (Fsp3) is 0.263. The van der Waals surface area contributed by atoms with Crippen LogP contribution in [0.3, 0.4) is 0 Å². The number of rotatable bonds is 4. The zero-order chi connectivity index (χ0) is 20.4. The van der Waals surface area contributed by atoms with Gasteiger partial charge in [0.2, 0.25) is 5.01 Å². The third-order valence-electron chi connectivity index (χ3n) is 4.58. The number of nitrogens with one attached hydrogen (secondary N) is 1. The molecule has 1 aliphatic rings. The Hall–Kier alpha value is -2.59. The van der Waals surface area contributed by atoms with Gasteiger partial charge in [-0.15, -0.1) is 10.2 Å². The van der Waals surface area contributed by atoms with Gasteiger partial charge in [-0.05, 0) is 65.2 Å². The van der Waals surface area contributed by atoms with Gasteiger partial charge >= 0.3 is 0 Å². The second-order valence-electron chi connectivity index (χ2n) is 6.60. The number of likely N-dealkylation sites (tertiary alicyclic amines) is 1. The number of nitrogens with zero attached hydrogens (tertiary/aromatic N) is 3. The molecule has 29 heavy (non-hydrogen) atoms. The van der Waals surface area contributed by atoms with E-state index in [0.717, 1.165) is 12.8 Å². The molecule has 2 aromatic heterocycles. The molecule has 1 atom stereocenters. The highest BCUT2D eigenvalue weighted by Gasteiger charge is 2.29. The Morgan fingerprint density at radius 3 is 2.72 bits per heavy atom. The van der Waals surface area contributed by atoms with E-state index < -0.39 is 5.91 Å². The standard InChI is InChI=1S/C19H16BrFN4O3S/c20-15-8-7-14(28-15)19(27)25-9-1-2-11(10-25)17-23-24-18(29-17)16(26)22-13-5-3-12(21)4-6-13/h3-8,11H,1-2,9-10H2,(H,22,26)/t11-/m0/s1. The van der Waals surface area contributed by atoms with E-state index in [1.807, 2.05) is 0 Å². The molecule has 0 spiro atoms. The molecule has 4 rings (SSSR count). The molecule has 0 unspecified atom stereocenters. The number of aromatic nitrogens is 2. The predicted molar refractivity (Wildman–Crippen MR) is 109 cm³/mol. The summed E-state index contributed by atoms with van der Waals surface area (Å²) in [4.78, 5) is 26.7. The average molecular weight is 479 g/mol. The summed E-state index contributed by atoms with van der Waals surface area (Å²) in [6, 6.07) is 8.82. The second kappa shape index (κ2) is 8.42. The quantitative estimate of drug-likeness (QED) is 0.603. The molecule has 10 heteroatoms. The van der Waals surface area contributed by atoms with E-state index in [4.69, 9.17) is 4.42 Å². The van der Waals surface area contributed by atoms with Crippen LogP contribution in [0.5, 0.6) is 0 Å². The van der Waals surface area contributed by atoms with Gasteiger partial charge in [-0.3, -0.25) is 9.59 Å². The summed E-state index contributed by atoms with van der Waals surface area (Å²) in [5.74, 6) is -0.645. The summed E-state index contributed by atoms with van der Waals surface area (Å²) in [5.41, 5.74) is 0.479. The average Bonchev–Trinajstić information content (AvgIpc) is 3.39. The van der Waals surface area contributed by atoms with Gasteiger partial charge in [0, 0.05) is 24.7 Å². The molecule has 1 aromatic carbocycles. The Morgan fingerprint density at radius 2 is 2.00 bits per heavy atom. The molecule has 0 aliphatic carbocycles. The number of hydrogen-bond donors (Lipinski definition) is 1. The van der Waals surface area contributed by atoms with E-state index >= 15 is 0 Å². The van der Waals surface area contributed by atoms with Gasteiger partial charge < -0.3 is 14.6 Å². The van der Waals surface area contributed by atoms with Gasteiger partial charge in [-0.1, -0.05) is 11.3 Å². The number of piperidine rings is 1. The zero-order valence-corrected chi connectivity index (χ0v) is 17.5. The van der Waals surface area contributed by atoms with Crippen molar-refractivity contribution in [2.45, 2.75) is 18.8 Å². The number of furan rings is 1. The van der Waals surface area contributed by atoms with Crippen LogP contribution in [0, 0.1) is 5.82 Å². The highest BCUT2D eigenvalue weighted by atomic mass is 79.9. The van der Waals surface area contributed by atoms with Crippen molar-refractivity contribution >= 4 is 44.8 Å². The zero-order valence-electron chi connectivity index (χ0n) is 15.1. The Morgan fingerprint density at radius 1 is 1.21 bits per heavy atom. The first-order chi connectivity index (χ1) is 14.0. The first-order valence-electron chi connectivity index (χ1n) is 8.94. The van der Waals surface area contributed by atoms with Gasteiger partial charge in [-0.2, -0.15) is 0 Å². The molecule has 150 valence electrons. The van der Waals surface area contributed by atoms with Crippen LogP contribution in [0.25, 0.3) is 0 Å². The van der Waals surface area contributed by atoms with E-state index in [1.165, 1.54) is 35.6 Å². The molecule has 0 bridgehead atoms. The van der Waals surface area contributed by atoms with E-state index in [1.54, 1.807) is 17.0 Å². The van der Waals surface area contributed by atoms with Crippen molar-refractivity contribution in [2.24, 2.45) is 0 Å². The van der Waals surface area contributed by atoms with Crippen LogP contribution in [0.1, 0.15) is 44.1 Å². The molecule has 7 nitrogen and oxygen atoms in total. The van der Waals surface area contributed by atoms with Crippen LogP contribution in [0.15, 0.2) is 45.5 Å². The smallest absolute Gasteiger partial charge is 0.289 e. The van der Waals surface area contributed by atoms with Crippen molar-refractivity contribution in [3.8, 4) is 0 Å². The Kier molecular flexibility index (Phi) is 5.72. The van der Waals surface area contributed by atoms with Gasteiger partial charge in [0.05, 0.1) is 0 Å². The maximum atomic E-state index is 13.0. The van der Waals surface area contributed by atoms with Crippen molar-refractivity contribution < 1.29 is 18.4 Å². The minimum Gasteiger partial charge on any atom is -0.444 e. The molecule has 0 saturated carbocycles. The van der Waals surface area contributed by atoms with E-state index in [2.05, 4.69) is 31.4 Å². The van der Waals surface area contributed by atoms with Crippen LogP contribution >= 0.6 is 27.3 Å². The van der Waals surface area contributed by atoms with Gasteiger partial charge in [0.25, 0.3) is 11.8 Å². The van der Waals surface area contributed by atoms with Crippen molar-refractivity contribution in [1.82, 2.24) is 15.1 Å². The summed E-state index contributed by atoms with van der Waals surface area (Å²) in [7, 11) is 0. The van der Waals surface area contributed by atoms with Gasteiger partial charge in [0.15, 0.2) is 10.4 Å². The molecular weight excluding hydrogens is 463 g/mol. The van der Waals surface area contributed by atoms with Crippen molar-refractivity contribution in [2.75, 3.05) is 18.4 Å². The summed E-state index contributed by atoms with van der Waals surface area (Å²) in [5, 5.41) is 11.8. The lowest BCUT2D eigenvalue weighted by Gasteiger charge is -2.30. The van der Waals surface area contributed by atoms with Crippen LogP contribution in [-0.2, 0) is 0 Å². The number of anilines is 1. The number of halogens is 2. The first-order valence-corrected chi connectivity index (χ1v) is 10.6. The van der Waals surface area contributed by atoms with Crippen molar-refractivity contribution in [3.63, 3.8) is 0 Å². The highest BCUT2D eigenvalue weighted by molar-refractivity contribution is 9.10. The molecule has 0 radical (unpaired) electrons. The lowest BCUT2D eigenvalue weighted by molar-refractivity contribution is 0.0673. The van der Waals surface area contributed by atoms with Crippen LogP contribution in [0.2, 0.25) is 0 Å². The number of carbonyl (C=O) groups excluding carboxylic acids is 2. The Labute approximate surface area is 178 Å². The topological polar surface area (TPSA) is 88.3 Å². The molecule has 1 fully saturated rings. The molecule has 3 aromatic rings. The number of hydrogen-bond acceptors (Lipinski definition) is 6. The first kappa shape index (κ1) is 19.7. The monoisotopic (exact) mass is 478 g/mol. The molecule has 3 heterocycles. The Bertz CT molecular complexity index is 1040. The second-order valence-corrected chi connectivity index (χ2v) is 8.39. The minimum absolute atomic E-state index is 0.0102. The van der Waals surface area contributed by atoms with Gasteiger partial charge in [-0.25, -0.2) is 4.39 Å². The largest absolute Gasteiger partial charge is 0.444 e. The number of benzene rings is 1. The normalized spacial score (nSPS) is 16.6. The molecular formula is C19H16BrFN4O3S. The predicted octanol–water partition coefficient (Wildman–Crippen LogP) is 4.30. The molecule has 1 saturated heterocycles. The summed E-state index contributed by atoms with van der Waals surface area (Å²) in [6.45, 7) is 1.13. The molecule has 2 amide bonds. The Balaban J connectivity index is 1.42. The molecule has 1 aliphatic heterocycles.